The highest BCUT2D eigenvalue weighted by Gasteiger charge is 2.31. The Hall–Kier alpha value is -0.430. The van der Waals surface area contributed by atoms with Crippen LogP contribution in [0.15, 0.2) is 15.7 Å². The van der Waals surface area contributed by atoms with Gasteiger partial charge in [0.15, 0.2) is 0 Å². The van der Waals surface area contributed by atoms with Crippen molar-refractivity contribution >= 4 is 21.4 Å². The molecule has 4 nitrogen and oxygen atoms in total. The molecule has 0 spiro atoms. The van der Waals surface area contributed by atoms with Gasteiger partial charge in [-0.15, -0.1) is 11.3 Å². The van der Waals surface area contributed by atoms with Crippen molar-refractivity contribution in [3.05, 3.63) is 17.0 Å². The molecule has 2 rings (SSSR count). The Bertz CT molecular complexity index is 535. The van der Waals surface area contributed by atoms with Gasteiger partial charge in [-0.05, 0) is 41.7 Å². The summed E-state index contributed by atoms with van der Waals surface area (Å²) in [7, 11) is -3.33. The molecule has 0 radical (unpaired) electrons. The van der Waals surface area contributed by atoms with E-state index in [-0.39, 0.29) is 5.41 Å². The van der Waals surface area contributed by atoms with Gasteiger partial charge >= 0.3 is 0 Å². The van der Waals surface area contributed by atoms with E-state index in [0.717, 1.165) is 24.8 Å². The Morgan fingerprint density at radius 2 is 2.11 bits per heavy atom. The van der Waals surface area contributed by atoms with Crippen LogP contribution in [-0.2, 0) is 16.6 Å². The lowest BCUT2D eigenvalue weighted by Gasteiger charge is -2.22. The van der Waals surface area contributed by atoms with Crippen molar-refractivity contribution in [1.29, 1.82) is 0 Å². The molecule has 108 valence electrons. The van der Waals surface area contributed by atoms with E-state index in [2.05, 4.69) is 13.8 Å². The van der Waals surface area contributed by atoms with E-state index in [4.69, 9.17) is 5.73 Å². The Morgan fingerprint density at radius 1 is 1.37 bits per heavy atom. The highest BCUT2D eigenvalue weighted by Crippen LogP contribution is 2.32. The normalized spacial score (nSPS) is 21.2. The molecule has 1 aliphatic rings. The minimum absolute atomic E-state index is 0.238. The zero-order chi connectivity index (χ0) is 14.1. The average Bonchev–Trinajstić information content (AvgIpc) is 2.75. The standard InChI is InChI=1S/C13H22N2O2S2/c1-13(2)4-3-6-15(7-5-13)19(16,17)12-8-11(9-14)10-18-12/h8,10H,3-7,9,14H2,1-2H3. The molecule has 0 aromatic carbocycles. The average molecular weight is 302 g/mol. The third kappa shape index (κ3) is 3.37. The van der Waals surface area contributed by atoms with Crippen molar-refractivity contribution in [3.63, 3.8) is 0 Å². The molecule has 1 aliphatic heterocycles. The van der Waals surface area contributed by atoms with Crippen molar-refractivity contribution < 1.29 is 8.42 Å². The monoisotopic (exact) mass is 302 g/mol. The van der Waals surface area contributed by atoms with Crippen molar-refractivity contribution in [3.8, 4) is 0 Å². The number of nitrogens with zero attached hydrogens (tertiary/aromatic N) is 1. The van der Waals surface area contributed by atoms with E-state index in [1.807, 2.05) is 5.38 Å². The number of hydrogen-bond donors (Lipinski definition) is 1. The third-order valence-electron chi connectivity index (χ3n) is 3.76. The molecule has 0 bridgehead atoms. The summed E-state index contributed by atoms with van der Waals surface area (Å²) in [6, 6.07) is 1.70. The van der Waals surface area contributed by atoms with Crippen LogP contribution in [0, 0.1) is 5.41 Å². The first-order valence-corrected chi connectivity index (χ1v) is 8.95. The molecule has 1 saturated heterocycles. The predicted octanol–water partition coefficient (Wildman–Crippen LogP) is 2.41. The maximum absolute atomic E-state index is 12.6. The van der Waals surface area contributed by atoms with Gasteiger partial charge in [0.2, 0.25) is 0 Å². The summed E-state index contributed by atoms with van der Waals surface area (Å²) in [5, 5.41) is 1.83. The maximum atomic E-state index is 12.6. The minimum Gasteiger partial charge on any atom is -0.326 e. The number of thiophene rings is 1. The van der Waals surface area contributed by atoms with Crippen LogP contribution >= 0.6 is 11.3 Å². The molecular formula is C13H22N2O2S2. The van der Waals surface area contributed by atoms with Gasteiger partial charge in [-0.3, -0.25) is 0 Å². The molecule has 0 atom stereocenters. The van der Waals surface area contributed by atoms with Crippen LogP contribution in [0.2, 0.25) is 0 Å². The van der Waals surface area contributed by atoms with Gasteiger partial charge in [0.1, 0.15) is 4.21 Å². The van der Waals surface area contributed by atoms with Gasteiger partial charge in [0, 0.05) is 19.6 Å². The van der Waals surface area contributed by atoms with E-state index in [0.29, 0.717) is 23.8 Å². The van der Waals surface area contributed by atoms with E-state index in [9.17, 15) is 8.42 Å². The van der Waals surface area contributed by atoms with E-state index in [1.54, 1.807) is 10.4 Å². The van der Waals surface area contributed by atoms with Gasteiger partial charge in [0.25, 0.3) is 10.0 Å². The molecule has 19 heavy (non-hydrogen) atoms. The van der Waals surface area contributed by atoms with E-state index in [1.165, 1.54) is 11.3 Å². The van der Waals surface area contributed by atoms with Crippen LogP contribution in [-0.4, -0.2) is 25.8 Å². The predicted molar refractivity (Wildman–Crippen MR) is 78.6 cm³/mol. The molecule has 1 aromatic heterocycles. The van der Waals surface area contributed by atoms with Crippen molar-refractivity contribution in [1.82, 2.24) is 4.31 Å². The molecule has 0 amide bonds. The van der Waals surface area contributed by atoms with E-state index < -0.39 is 10.0 Å². The lowest BCUT2D eigenvalue weighted by molar-refractivity contribution is 0.315. The Balaban J connectivity index is 2.20. The highest BCUT2D eigenvalue weighted by molar-refractivity contribution is 7.91. The zero-order valence-electron chi connectivity index (χ0n) is 11.6. The van der Waals surface area contributed by atoms with E-state index >= 15 is 0 Å². The van der Waals surface area contributed by atoms with Crippen LogP contribution in [0.4, 0.5) is 0 Å². The minimum atomic E-state index is -3.33. The molecule has 2 heterocycles. The fraction of sp³-hybridized carbons (Fsp3) is 0.692. The molecule has 1 aromatic rings. The number of hydrogen-bond acceptors (Lipinski definition) is 4. The molecule has 1 fully saturated rings. The SMILES string of the molecule is CC1(C)CCCN(S(=O)(=O)c2cc(CN)cs2)CC1. The first kappa shape index (κ1) is 15.0. The number of rotatable bonds is 3. The largest absolute Gasteiger partial charge is 0.326 e. The quantitative estimate of drug-likeness (QED) is 0.932. The zero-order valence-corrected chi connectivity index (χ0v) is 13.2. The topological polar surface area (TPSA) is 63.4 Å². The summed E-state index contributed by atoms with van der Waals surface area (Å²) >= 11 is 1.27. The first-order chi connectivity index (χ1) is 8.85. The number of nitrogens with two attached hydrogens (primary N) is 1. The maximum Gasteiger partial charge on any atom is 0.252 e. The molecule has 2 N–H and O–H groups in total. The second kappa shape index (κ2) is 5.52. The lowest BCUT2D eigenvalue weighted by atomic mass is 9.85. The molecule has 6 heteroatoms. The van der Waals surface area contributed by atoms with Crippen molar-refractivity contribution in [2.75, 3.05) is 13.1 Å². The highest BCUT2D eigenvalue weighted by atomic mass is 32.2. The van der Waals surface area contributed by atoms with Gasteiger partial charge in [-0.2, -0.15) is 4.31 Å². The Morgan fingerprint density at radius 3 is 2.74 bits per heavy atom. The second-order valence-electron chi connectivity index (χ2n) is 5.90. The fourth-order valence-electron chi connectivity index (χ4n) is 2.36. The Labute approximate surface area is 119 Å². The first-order valence-electron chi connectivity index (χ1n) is 6.63. The summed E-state index contributed by atoms with van der Waals surface area (Å²) in [5.74, 6) is 0. The van der Waals surface area contributed by atoms with Gasteiger partial charge in [-0.1, -0.05) is 13.8 Å². The fourth-order valence-corrected chi connectivity index (χ4v) is 5.22. The Kier molecular flexibility index (Phi) is 4.35. The van der Waals surface area contributed by atoms with Gasteiger partial charge in [-0.25, -0.2) is 8.42 Å². The van der Waals surface area contributed by atoms with Crippen LogP contribution in [0.1, 0.15) is 38.7 Å². The van der Waals surface area contributed by atoms with Crippen molar-refractivity contribution in [2.45, 2.75) is 43.9 Å². The summed E-state index contributed by atoms with van der Waals surface area (Å²) in [6.07, 6.45) is 2.93. The molecular weight excluding hydrogens is 280 g/mol. The van der Waals surface area contributed by atoms with Crippen molar-refractivity contribution in [2.24, 2.45) is 11.1 Å². The second-order valence-corrected chi connectivity index (χ2v) is 8.98. The summed E-state index contributed by atoms with van der Waals surface area (Å²) in [6.45, 7) is 6.05. The number of sulfonamides is 1. The summed E-state index contributed by atoms with van der Waals surface area (Å²) in [4.78, 5) is 0. The lowest BCUT2D eigenvalue weighted by Crippen LogP contribution is -2.32. The molecule has 0 aliphatic carbocycles. The molecule has 0 unspecified atom stereocenters. The summed E-state index contributed by atoms with van der Waals surface area (Å²) < 4.78 is 27.2. The molecule has 0 saturated carbocycles. The summed E-state index contributed by atoms with van der Waals surface area (Å²) in [5.41, 5.74) is 6.67. The smallest absolute Gasteiger partial charge is 0.252 e. The van der Waals surface area contributed by atoms with Crippen LogP contribution in [0.5, 0.6) is 0 Å². The third-order valence-corrected chi connectivity index (χ3v) is 7.12. The van der Waals surface area contributed by atoms with Gasteiger partial charge in [0.05, 0.1) is 0 Å². The van der Waals surface area contributed by atoms with Crippen LogP contribution < -0.4 is 5.73 Å². The van der Waals surface area contributed by atoms with Crippen LogP contribution in [0.25, 0.3) is 0 Å². The van der Waals surface area contributed by atoms with Gasteiger partial charge < -0.3 is 5.73 Å². The van der Waals surface area contributed by atoms with Crippen LogP contribution in [0.3, 0.4) is 0 Å².